The number of rotatable bonds is 25. The normalized spacial score (nSPS) is 13.4. The molecule has 0 fully saturated rings. The molecule has 11 heteroatoms. The first-order valence-electron chi connectivity index (χ1n) is 16.7. The van der Waals surface area contributed by atoms with Crippen LogP contribution in [0.1, 0.15) is 103 Å². The largest absolute Gasteiger partial charge is 0.481 e. The zero-order valence-electron chi connectivity index (χ0n) is 28.9. The van der Waals surface area contributed by atoms with Crippen LogP contribution in [-0.4, -0.2) is 72.3 Å². The number of aliphatic carboxylic acids is 1. The van der Waals surface area contributed by atoms with E-state index in [2.05, 4.69) is 24.1 Å². The number of benzene rings is 1. The van der Waals surface area contributed by atoms with Crippen LogP contribution in [0.2, 0.25) is 0 Å². The second-order valence-electron chi connectivity index (χ2n) is 11.7. The Morgan fingerprint density at radius 1 is 0.917 bits per heavy atom. The number of aliphatic hydroxyl groups is 1. The van der Waals surface area contributed by atoms with Crippen molar-refractivity contribution < 1.29 is 48.4 Å². The molecule has 0 aliphatic carbocycles. The monoisotopic (exact) mass is 671 g/mol. The lowest BCUT2D eigenvalue weighted by molar-refractivity contribution is -0.175. The first-order valence-corrected chi connectivity index (χ1v) is 16.7. The van der Waals surface area contributed by atoms with Gasteiger partial charge >= 0.3 is 17.9 Å². The van der Waals surface area contributed by atoms with Crippen molar-refractivity contribution in [2.24, 2.45) is 5.92 Å². The van der Waals surface area contributed by atoms with E-state index in [9.17, 15) is 34.2 Å². The number of Topliss-reactive ketones (excluding diaryl/α,β-unsaturated/α-hetero) is 1. The molecule has 0 saturated carbocycles. The Kier molecular flexibility index (Phi) is 21.0. The van der Waals surface area contributed by atoms with Crippen molar-refractivity contribution in [3.8, 4) is 17.6 Å². The first-order chi connectivity index (χ1) is 23.0. The summed E-state index contributed by atoms with van der Waals surface area (Å²) in [5.41, 5.74) is -2.10. The van der Waals surface area contributed by atoms with E-state index in [1.54, 1.807) is 37.3 Å². The summed E-state index contributed by atoms with van der Waals surface area (Å²) >= 11 is 0. The molecule has 3 atom stereocenters. The number of esters is 2. The van der Waals surface area contributed by atoms with Crippen LogP contribution in [0.4, 0.5) is 0 Å². The summed E-state index contributed by atoms with van der Waals surface area (Å²) < 4.78 is 15.1. The van der Waals surface area contributed by atoms with Gasteiger partial charge in [-0.25, -0.2) is 9.59 Å². The Balaban J connectivity index is 2.95. The maximum Gasteiger partial charge on any atom is 0.339 e. The second-order valence-corrected chi connectivity index (χ2v) is 11.7. The van der Waals surface area contributed by atoms with Crippen LogP contribution in [0, 0.1) is 17.8 Å². The van der Waals surface area contributed by atoms with Crippen molar-refractivity contribution in [3.05, 3.63) is 42.0 Å². The number of amides is 1. The fourth-order valence-electron chi connectivity index (χ4n) is 5.15. The van der Waals surface area contributed by atoms with Gasteiger partial charge in [0.25, 0.3) is 0 Å². The Hall–Kier alpha value is -4.17. The molecule has 0 aliphatic heterocycles. The topological polar surface area (TPSA) is 166 Å². The molecule has 0 bridgehead atoms. The van der Waals surface area contributed by atoms with E-state index in [4.69, 9.17) is 14.2 Å². The quantitative estimate of drug-likeness (QED) is 0.0550. The maximum absolute atomic E-state index is 13.6. The van der Waals surface area contributed by atoms with Crippen molar-refractivity contribution in [3.63, 3.8) is 0 Å². The highest BCUT2D eigenvalue weighted by Crippen LogP contribution is 2.27. The van der Waals surface area contributed by atoms with Gasteiger partial charge in [0, 0.05) is 19.3 Å². The van der Waals surface area contributed by atoms with Crippen LogP contribution < -0.4 is 10.1 Å². The van der Waals surface area contributed by atoms with E-state index in [0.717, 1.165) is 46.3 Å². The van der Waals surface area contributed by atoms with Crippen LogP contribution in [-0.2, 0) is 39.9 Å². The predicted molar refractivity (Wildman–Crippen MR) is 181 cm³/mol. The highest BCUT2D eigenvalue weighted by molar-refractivity contribution is 5.95. The molecule has 0 aromatic heterocycles. The molecule has 0 heterocycles. The van der Waals surface area contributed by atoms with Gasteiger partial charge in [-0.3, -0.25) is 14.4 Å². The van der Waals surface area contributed by atoms with E-state index in [1.165, 1.54) is 25.3 Å². The van der Waals surface area contributed by atoms with Gasteiger partial charge in [0.2, 0.25) is 5.91 Å². The highest BCUT2D eigenvalue weighted by atomic mass is 16.5. The number of carbonyl (C=O) groups is 5. The maximum atomic E-state index is 13.6. The van der Waals surface area contributed by atoms with E-state index < -0.39 is 47.8 Å². The summed E-state index contributed by atoms with van der Waals surface area (Å²) in [6, 6.07) is 5.55. The Labute approximate surface area is 284 Å². The lowest BCUT2D eigenvalue weighted by atomic mass is 9.82. The van der Waals surface area contributed by atoms with Crippen molar-refractivity contribution in [2.45, 2.75) is 115 Å². The third-order valence-corrected chi connectivity index (χ3v) is 7.87. The van der Waals surface area contributed by atoms with E-state index in [1.807, 2.05) is 0 Å². The molecule has 1 aromatic rings. The molecule has 266 valence electrons. The number of methoxy groups -OCH3 is 2. The van der Waals surface area contributed by atoms with Gasteiger partial charge in [-0.1, -0.05) is 75.7 Å². The van der Waals surface area contributed by atoms with Gasteiger partial charge in [-0.05, 0) is 50.3 Å². The number of ketones is 1. The van der Waals surface area contributed by atoms with Crippen molar-refractivity contribution >= 4 is 29.6 Å². The van der Waals surface area contributed by atoms with Crippen LogP contribution in [0.3, 0.4) is 0 Å². The number of unbranched alkanes of at least 4 members (excludes halogenated alkanes) is 8. The van der Waals surface area contributed by atoms with E-state index in [-0.39, 0.29) is 18.8 Å². The third-order valence-electron chi connectivity index (χ3n) is 7.87. The van der Waals surface area contributed by atoms with E-state index in [0.29, 0.717) is 37.0 Å². The summed E-state index contributed by atoms with van der Waals surface area (Å²) in [6.07, 6.45) is 12.2. The molecule has 11 nitrogen and oxygen atoms in total. The van der Waals surface area contributed by atoms with Gasteiger partial charge in [0.1, 0.15) is 24.2 Å². The standard InChI is InChI=1S/C37H53NO10/c1-5-7-9-12-15-18-29(39)19-16-13-10-11-14-17-20-31(37(45,27-33(40)41)36(44)47-4)34(42)38-32(35(43)46-3)26-28-21-23-30(24-22-28)48-25-8-6-2/h17,20-24,31-32,45H,5,7,9-16,18-19,25-27H2,1-4H3,(H,38,42)(H,40,41)/b20-17+/t31-,32+,37+/m1/s1. The molecule has 0 saturated heterocycles. The summed E-state index contributed by atoms with van der Waals surface area (Å²) in [5.74, 6) is 0.106. The average molecular weight is 672 g/mol. The number of carboxylic acid groups (broad SMARTS) is 1. The van der Waals surface area contributed by atoms with Gasteiger partial charge < -0.3 is 29.7 Å². The fraction of sp³-hybridized carbons (Fsp3) is 0.595. The average Bonchev–Trinajstić information content (AvgIpc) is 3.06. The van der Waals surface area contributed by atoms with Gasteiger partial charge in [0.15, 0.2) is 5.60 Å². The molecule has 1 aromatic carbocycles. The van der Waals surface area contributed by atoms with Gasteiger partial charge in [-0.2, -0.15) is 0 Å². The molecule has 0 radical (unpaired) electrons. The van der Waals surface area contributed by atoms with Crippen molar-refractivity contribution in [2.75, 3.05) is 20.8 Å². The molecule has 0 unspecified atom stereocenters. The smallest absolute Gasteiger partial charge is 0.339 e. The molecule has 48 heavy (non-hydrogen) atoms. The third kappa shape index (κ3) is 16.1. The first kappa shape index (κ1) is 41.9. The molecule has 1 amide bonds. The predicted octanol–water partition coefficient (Wildman–Crippen LogP) is 5.11. The zero-order valence-corrected chi connectivity index (χ0v) is 28.9. The van der Waals surface area contributed by atoms with Crippen molar-refractivity contribution in [1.29, 1.82) is 0 Å². The van der Waals surface area contributed by atoms with Gasteiger partial charge in [-0.15, -0.1) is 5.92 Å². The number of hydrogen-bond donors (Lipinski definition) is 3. The summed E-state index contributed by atoms with van der Waals surface area (Å²) in [5, 5.41) is 23.3. The van der Waals surface area contributed by atoms with Crippen LogP contribution >= 0.6 is 0 Å². The van der Waals surface area contributed by atoms with Gasteiger partial charge in [0.05, 0.1) is 26.6 Å². The molecule has 3 N–H and O–H groups in total. The highest BCUT2D eigenvalue weighted by Gasteiger charge is 2.50. The zero-order chi connectivity index (χ0) is 35.8. The molecule has 0 aliphatic rings. The summed E-state index contributed by atoms with van der Waals surface area (Å²) in [4.78, 5) is 62.8. The number of nitrogens with one attached hydrogen (secondary N) is 1. The Morgan fingerprint density at radius 2 is 1.54 bits per heavy atom. The van der Waals surface area contributed by atoms with Crippen LogP contribution in [0.15, 0.2) is 36.4 Å². The second kappa shape index (κ2) is 24.0. The van der Waals surface area contributed by atoms with Crippen molar-refractivity contribution in [1.82, 2.24) is 5.32 Å². The number of allylic oxidation sites excluding steroid dienone is 1. The lowest BCUT2D eigenvalue weighted by Crippen LogP contribution is -2.56. The fourth-order valence-corrected chi connectivity index (χ4v) is 5.15. The van der Waals surface area contributed by atoms with Crippen LogP contribution in [0.25, 0.3) is 0 Å². The Bertz CT molecular complexity index is 1250. The molecular weight excluding hydrogens is 618 g/mol. The minimum atomic E-state index is -2.75. The lowest BCUT2D eigenvalue weighted by Gasteiger charge is -2.31. The van der Waals surface area contributed by atoms with Crippen LogP contribution in [0.5, 0.6) is 5.75 Å². The summed E-state index contributed by atoms with van der Waals surface area (Å²) in [7, 11) is 2.13. The SMILES string of the molecule is CC#CCOc1ccc(C[C@H](NC(=O)[C@@H](/C=C/CCCCCCC(=O)CCCCCCC)[C@@](O)(CC(=O)O)C(=O)OC)C(=O)OC)cc1. The minimum Gasteiger partial charge on any atom is -0.481 e. The minimum absolute atomic E-state index is 0.000830. The number of ether oxygens (including phenoxy) is 3. The van der Waals surface area contributed by atoms with E-state index >= 15 is 0 Å². The number of carbonyl (C=O) groups excluding carboxylic acids is 4. The molecule has 0 spiro atoms. The summed E-state index contributed by atoms with van der Waals surface area (Å²) in [6.45, 7) is 4.07. The number of carboxylic acids is 1. The molecular formula is C37H53NO10. The molecule has 1 rings (SSSR count). The Morgan fingerprint density at radius 3 is 2.10 bits per heavy atom. The number of hydrogen-bond acceptors (Lipinski definition) is 9.